The zero-order chi connectivity index (χ0) is 30.7. The molecule has 1 aromatic carbocycles. The van der Waals surface area contributed by atoms with Crippen LogP contribution < -0.4 is 10.1 Å². The van der Waals surface area contributed by atoms with Gasteiger partial charge in [0.05, 0.1) is 7.11 Å². The highest BCUT2D eigenvalue weighted by molar-refractivity contribution is 7.12. The van der Waals surface area contributed by atoms with Crippen LogP contribution in [0.2, 0.25) is 0 Å². The van der Waals surface area contributed by atoms with Crippen molar-refractivity contribution in [2.24, 2.45) is 0 Å². The fourth-order valence-corrected chi connectivity index (χ4v) is 5.67. The van der Waals surface area contributed by atoms with Crippen LogP contribution in [0.25, 0.3) is 11.1 Å². The molecule has 0 bridgehead atoms. The fraction of sp³-hybridized carbons (Fsp3) is 0.469. The number of methoxy groups -OCH3 is 1. The highest BCUT2D eigenvalue weighted by atomic mass is 32.1. The number of benzene rings is 1. The van der Waals surface area contributed by atoms with Gasteiger partial charge >= 0.3 is 12.2 Å². The number of nitrogens with one attached hydrogen (secondary N) is 1. The number of thiophene rings is 1. The number of hydrogen-bond donors (Lipinski definition) is 1. The number of anilines is 1. The Kier molecular flexibility index (Phi) is 9.35. The Balaban J connectivity index is 1.37. The molecule has 0 aliphatic carbocycles. The molecule has 42 heavy (non-hydrogen) atoms. The van der Waals surface area contributed by atoms with Gasteiger partial charge < -0.3 is 29.3 Å². The quantitative estimate of drug-likeness (QED) is 0.398. The summed E-state index contributed by atoms with van der Waals surface area (Å²) in [6.45, 7) is 13.2. The lowest BCUT2D eigenvalue weighted by Crippen LogP contribution is -2.39. The smallest absolute Gasteiger partial charge is 0.410 e. The monoisotopic (exact) mass is 595 g/mol. The van der Waals surface area contributed by atoms with Gasteiger partial charge in [-0.05, 0) is 83.2 Å². The van der Waals surface area contributed by atoms with E-state index in [0.717, 1.165) is 28.7 Å². The number of amides is 3. The first-order valence-corrected chi connectivity index (χ1v) is 15.0. The Bertz CT molecular complexity index is 1380. The summed E-state index contributed by atoms with van der Waals surface area (Å²) in [6.07, 6.45) is 4.78. The molecule has 0 radical (unpaired) electrons. The molecule has 1 aromatic heterocycles. The summed E-state index contributed by atoms with van der Waals surface area (Å²) in [6, 6.07) is 7.71. The van der Waals surface area contributed by atoms with E-state index in [-0.39, 0.29) is 18.1 Å². The van der Waals surface area contributed by atoms with Crippen molar-refractivity contribution in [2.75, 3.05) is 38.6 Å². The number of hydrogen-bond acceptors (Lipinski definition) is 7. The van der Waals surface area contributed by atoms with Crippen LogP contribution in [0.5, 0.6) is 5.75 Å². The van der Waals surface area contributed by atoms with Gasteiger partial charge in [0, 0.05) is 42.8 Å². The van der Waals surface area contributed by atoms with Crippen LogP contribution in [0, 0.1) is 0 Å². The van der Waals surface area contributed by atoms with E-state index < -0.39 is 11.2 Å². The summed E-state index contributed by atoms with van der Waals surface area (Å²) in [5.74, 6) is 0.292. The number of rotatable bonds is 5. The van der Waals surface area contributed by atoms with Crippen molar-refractivity contribution in [3.63, 3.8) is 0 Å². The summed E-state index contributed by atoms with van der Waals surface area (Å²) in [5, 5.41) is 4.91. The highest BCUT2D eigenvalue weighted by Crippen LogP contribution is 2.38. The van der Waals surface area contributed by atoms with E-state index in [1.165, 1.54) is 11.3 Å². The predicted octanol–water partition coefficient (Wildman–Crippen LogP) is 7.06. The van der Waals surface area contributed by atoms with Crippen molar-refractivity contribution >= 4 is 46.3 Å². The van der Waals surface area contributed by atoms with E-state index in [1.54, 1.807) is 16.9 Å². The molecule has 10 heteroatoms. The van der Waals surface area contributed by atoms with Gasteiger partial charge in [-0.3, -0.25) is 4.79 Å². The molecule has 3 heterocycles. The molecule has 2 aromatic rings. The zero-order valence-corrected chi connectivity index (χ0v) is 26.4. The molecular weight excluding hydrogens is 554 g/mol. The van der Waals surface area contributed by atoms with Crippen LogP contribution >= 0.6 is 11.3 Å². The topological polar surface area (TPSA) is 97.4 Å². The third-order valence-electron chi connectivity index (χ3n) is 6.74. The maximum Gasteiger partial charge on any atom is 0.410 e. The zero-order valence-electron chi connectivity index (χ0n) is 25.5. The van der Waals surface area contributed by atoms with Crippen LogP contribution in [0.4, 0.5) is 15.3 Å². The molecule has 9 nitrogen and oxygen atoms in total. The Hall–Kier alpha value is -3.79. The summed E-state index contributed by atoms with van der Waals surface area (Å²) in [5.41, 5.74) is 3.74. The van der Waals surface area contributed by atoms with Crippen molar-refractivity contribution in [1.29, 1.82) is 0 Å². The average molecular weight is 596 g/mol. The molecule has 0 unspecified atom stereocenters. The molecule has 0 saturated heterocycles. The van der Waals surface area contributed by atoms with Crippen molar-refractivity contribution in [2.45, 2.75) is 65.6 Å². The molecule has 2 aliphatic heterocycles. The van der Waals surface area contributed by atoms with Gasteiger partial charge in [-0.25, -0.2) is 9.59 Å². The lowest BCUT2D eigenvalue weighted by Gasteiger charge is -2.29. The Labute approximate surface area is 252 Å². The second-order valence-electron chi connectivity index (χ2n) is 12.4. The minimum Gasteiger partial charge on any atom is -0.494 e. The minimum absolute atomic E-state index is 0.243. The van der Waals surface area contributed by atoms with E-state index >= 15 is 0 Å². The second kappa shape index (κ2) is 12.6. The average Bonchev–Trinajstić information content (AvgIpc) is 3.36. The van der Waals surface area contributed by atoms with Crippen molar-refractivity contribution in [3.05, 3.63) is 57.8 Å². The van der Waals surface area contributed by atoms with E-state index in [2.05, 4.69) is 5.32 Å². The SMILES string of the molecule is COc1c(C2=CCN(C(=O)OC(C)(C)C)CC2)csc1C(=O)Nc1ccc(C2=CCN(C(=O)OC(C)(C)C)CC2)cc1. The molecule has 0 atom stereocenters. The lowest BCUT2D eigenvalue weighted by atomic mass is 9.99. The maximum atomic E-state index is 13.2. The van der Waals surface area contributed by atoms with Crippen LogP contribution in [0.1, 0.15) is 75.2 Å². The molecule has 226 valence electrons. The molecule has 1 N–H and O–H groups in total. The van der Waals surface area contributed by atoms with Crippen molar-refractivity contribution in [1.82, 2.24) is 9.80 Å². The van der Waals surface area contributed by atoms with Crippen LogP contribution in [-0.4, -0.2) is 72.4 Å². The first-order valence-electron chi connectivity index (χ1n) is 14.2. The largest absolute Gasteiger partial charge is 0.494 e. The van der Waals surface area contributed by atoms with E-state index in [1.807, 2.05) is 83.3 Å². The summed E-state index contributed by atoms with van der Waals surface area (Å²) < 4.78 is 16.6. The van der Waals surface area contributed by atoms with E-state index in [4.69, 9.17) is 14.2 Å². The molecule has 3 amide bonds. The minimum atomic E-state index is -0.543. The van der Waals surface area contributed by atoms with E-state index in [0.29, 0.717) is 48.9 Å². The highest BCUT2D eigenvalue weighted by Gasteiger charge is 2.27. The third-order valence-corrected chi connectivity index (χ3v) is 7.70. The van der Waals surface area contributed by atoms with Gasteiger partial charge in [0.2, 0.25) is 0 Å². The number of carbonyl (C=O) groups excluding carboxylic acids is 3. The van der Waals surface area contributed by atoms with Gasteiger partial charge in [0.25, 0.3) is 5.91 Å². The van der Waals surface area contributed by atoms with Crippen molar-refractivity contribution in [3.8, 4) is 5.75 Å². The fourth-order valence-electron chi connectivity index (χ4n) is 4.71. The maximum absolute atomic E-state index is 13.2. The van der Waals surface area contributed by atoms with E-state index in [9.17, 15) is 14.4 Å². The van der Waals surface area contributed by atoms with Crippen molar-refractivity contribution < 1.29 is 28.6 Å². The van der Waals surface area contributed by atoms with Gasteiger partial charge in [0.15, 0.2) is 0 Å². The summed E-state index contributed by atoms with van der Waals surface area (Å²) >= 11 is 1.33. The molecule has 0 fully saturated rings. The molecule has 0 spiro atoms. The predicted molar refractivity (Wildman–Crippen MR) is 166 cm³/mol. The van der Waals surface area contributed by atoms with Crippen LogP contribution in [0.15, 0.2) is 41.8 Å². The number of ether oxygens (including phenoxy) is 3. The molecule has 0 saturated carbocycles. The second-order valence-corrected chi connectivity index (χ2v) is 13.2. The van der Waals surface area contributed by atoms with Crippen LogP contribution in [-0.2, 0) is 9.47 Å². The first kappa shape index (κ1) is 31.2. The van der Waals surface area contributed by atoms with Gasteiger partial charge in [-0.2, -0.15) is 0 Å². The normalized spacial score (nSPS) is 15.9. The Morgan fingerprint density at radius 3 is 1.79 bits per heavy atom. The molecular formula is C32H41N3O6S. The number of nitrogens with zero attached hydrogens (tertiary/aromatic N) is 2. The van der Waals surface area contributed by atoms with Gasteiger partial charge in [0.1, 0.15) is 21.8 Å². The summed E-state index contributed by atoms with van der Waals surface area (Å²) in [4.78, 5) is 41.8. The van der Waals surface area contributed by atoms with Gasteiger partial charge in [-0.15, -0.1) is 11.3 Å². The third kappa shape index (κ3) is 7.94. The molecule has 4 rings (SSSR count). The Morgan fingerprint density at radius 1 is 0.810 bits per heavy atom. The number of carbonyl (C=O) groups is 3. The summed E-state index contributed by atoms with van der Waals surface area (Å²) in [7, 11) is 1.56. The Morgan fingerprint density at radius 2 is 1.33 bits per heavy atom. The first-order chi connectivity index (χ1) is 19.7. The standard InChI is InChI=1S/C32H41N3O6S/c1-31(2,3)40-29(37)34-16-12-22(13-17-34)21-8-10-24(11-9-21)33-28(36)27-26(39-7)25(20-42-27)23-14-18-35(19-15-23)30(38)41-32(4,5)6/h8-12,14,20H,13,15-19H2,1-7H3,(H,33,36). The molecule has 2 aliphatic rings. The van der Waals surface area contributed by atoms with Gasteiger partial charge in [-0.1, -0.05) is 24.3 Å². The lowest BCUT2D eigenvalue weighted by molar-refractivity contribution is 0.0260. The van der Waals surface area contributed by atoms with Crippen LogP contribution in [0.3, 0.4) is 0 Å².